The number of hydrogen-bond donors (Lipinski definition) is 1. The molecule has 15 heavy (non-hydrogen) atoms. The molecule has 0 spiro atoms. The highest BCUT2D eigenvalue weighted by Gasteiger charge is 2.25. The van der Waals surface area contributed by atoms with Gasteiger partial charge in [-0.1, -0.05) is 0 Å². The molecule has 0 amide bonds. The van der Waals surface area contributed by atoms with E-state index in [0.29, 0.717) is 6.20 Å². The van der Waals surface area contributed by atoms with E-state index in [1.165, 1.54) is 6.07 Å². The molecule has 1 aromatic heterocycles. The van der Waals surface area contributed by atoms with Gasteiger partial charge in [-0.3, -0.25) is 4.98 Å². The third kappa shape index (κ3) is 1.88. The highest BCUT2D eigenvalue weighted by molar-refractivity contribution is 5.91. The second kappa shape index (κ2) is 3.96. The van der Waals surface area contributed by atoms with Crippen molar-refractivity contribution in [1.82, 2.24) is 4.98 Å². The molecular weight excluding hydrogens is 213 g/mol. The van der Waals surface area contributed by atoms with Gasteiger partial charge in [0.15, 0.2) is 5.82 Å². The summed E-state index contributed by atoms with van der Waals surface area (Å²) in [5.74, 6) is -3.05. The van der Waals surface area contributed by atoms with E-state index in [4.69, 9.17) is 10.4 Å². The molecule has 0 bridgehead atoms. The Labute approximate surface area is 81.6 Å². The standard InChI is InChI=1S/C8H3F3N2O2/c9-4-2-13-6(7(10)11)5(8(14)15)3(4)1-12/h2,7H,(H,14,15). The Bertz CT molecular complexity index is 454. The zero-order valence-electron chi connectivity index (χ0n) is 7.04. The minimum atomic E-state index is -3.18. The highest BCUT2D eigenvalue weighted by Crippen LogP contribution is 2.24. The van der Waals surface area contributed by atoms with Crippen LogP contribution < -0.4 is 0 Å². The number of carbonyl (C=O) groups is 1. The Morgan fingerprint density at radius 1 is 1.60 bits per heavy atom. The van der Waals surface area contributed by atoms with E-state index in [-0.39, 0.29) is 0 Å². The van der Waals surface area contributed by atoms with Crippen LogP contribution in [0.25, 0.3) is 0 Å². The van der Waals surface area contributed by atoms with Crippen molar-refractivity contribution < 1.29 is 23.1 Å². The molecule has 0 fully saturated rings. The lowest BCUT2D eigenvalue weighted by molar-refractivity contribution is 0.0681. The summed E-state index contributed by atoms with van der Waals surface area (Å²) < 4.78 is 37.4. The normalized spacial score (nSPS) is 10.1. The maximum atomic E-state index is 12.9. The molecule has 0 aliphatic rings. The molecule has 0 radical (unpaired) electrons. The number of carboxylic acids is 1. The van der Waals surface area contributed by atoms with Crippen molar-refractivity contribution in [3.63, 3.8) is 0 Å². The number of aromatic nitrogens is 1. The van der Waals surface area contributed by atoms with Crippen LogP contribution in [-0.4, -0.2) is 16.1 Å². The van der Waals surface area contributed by atoms with Gasteiger partial charge in [0.05, 0.1) is 6.20 Å². The molecule has 1 N–H and O–H groups in total. The first-order chi connectivity index (χ1) is 6.99. The first kappa shape index (κ1) is 11.0. The van der Waals surface area contributed by atoms with Gasteiger partial charge < -0.3 is 5.11 Å². The van der Waals surface area contributed by atoms with Crippen molar-refractivity contribution >= 4 is 5.97 Å². The van der Waals surface area contributed by atoms with Gasteiger partial charge in [0, 0.05) is 0 Å². The Balaban J connectivity index is 3.58. The lowest BCUT2D eigenvalue weighted by Gasteiger charge is -2.05. The molecule has 0 atom stereocenters. The maximum Gasteiger partial charge on any atom is 0.339 e. The Hall–Kier alpha value is -2.10. The summed E-state index contributed by atoms with van der Waals surface area (Å²) in [5.41, 5.74) is -3.14. The fourth-order valence-corrected chi connectivity index (χ4v) is 0.994. The van der Waals surface area contributed by atoms with Crippen LogP contribution in [0, 0.1) is 17.1 Å². The number of hydrogen-bond acceptors (Lipinski definition) is 3. The number of rotatable bonds is 2. The Kier molecular flexibility index (Phi) is 2.90. The molecule has 1 aromatic rings. The van der Waals surface area contributed by atoms with E-state index in [1.807, 2.05) is 0 Å². The van der Waals surface area contributed by atoms with E-state index < -0.39 is 35.0 Å². The van der Waals surface area contributed by atoms with Crippen molar-refractivity contribution in [2.75, 3.05) is 0 Å². The summed E-state index contributed by atoms with van der Waals surface area (Å²) in [6.45, 7) is 0. The van der Waals surface area contributed by atoms with Gasteiger partial charge in [-0.2, -0.15) is 5.26 Å². The largest absolute Gasteiger partial charge is 0.478 e. The van der Waals surface area contributed by atoms with Crippen LogP contribution in [-0.2, 0) is 0 Å². The third-order valence-corrected chi connectivity index (χ3v) is 1.59. The maximum absolute atomic E-state index is 12.9. The monoisotopic (exact) mass is 216 g/mol. The zero-order chi connectivity index (χ0) is 11.6. The molecule has 0 saturated carbocycles. The molecule has 78 valence electrons. The summed E-state index contributed by atoms with van der Waals surface area (Å²) in [4.78, 5) is 13.5. The number of carboxylic acid groups (broad SMARTS) is 1. The van der Waals surface area contributed by atoms with Gasteiger partial charge in [-0.25, -0.2) is 18.0 Å². The van der Waals surface area contributed by atoms with Gasteiger partial charge in [0.1, 0.15) is 22.9 Å². The fraction of sp³-hybridized carbons (Fsp3) is 0.125. The second-order valence-electron chi connectivity index (χ2n) is 2.46. The third-order valence-electron chi connectivity index (χ3n) is 1.59. The fourth-order valence-electron chi connectivity index (χ4n) is 0.994. The van der Waals surface area contributed by atoms with Crippen molar-refractivity contribution in [2.45, 2.75) is 6.43 Å². The van der Waals surface area contributed by atoms with E-state index in [0.717, 1.165) is 0 Å². The average molecular weight is 216 g/mol. The van der Waals surface area contributed by atoms with Crippen LogP contribution in [0.15, 0.2) is 6.20 Å². The van der Waals surface area contributed by atoms with E-state index in [9.17, 15) is 18.0 Å². The van der Waals surface area contributed by atoms with Gasteiger partial charge in [-0.15, -0.1) is 0 Å². The summed E-state index contributed by atoms with van der Waals surface area (Å²) in [6, 6.07) is 1.21. The molecule has 0 unspecified atom stereocenters. The predicted molar refractivity (Wildman–Crippen MR) is 40.8 cm³/mol. The van der Waals surface area contributed by atoms with E-state index >= 15 is 0 Å². The van der Waals surface area contributed by atoms with Crippen LogP contribution in [0.5, 0.6) is 0 Å². The van der Waals surface area contributed by atoms with Crippen molar-refractivity contribution in [2.24, 2.45) is 0 Å². The highest BCUT2D eigenvalue weighted by atomic mass is 19.3. The average Bonchev–Trinajstić information content (AvgIpc) is 2.16. The summed E-state index contributed by atoms with van der Waals surface area (Å²) >= 11 is 0. The molecule has 0 saturated heterocycles. The zero-order valence-corrected chi connectivity index (χ0v) is 7.04. The molecule has 0 aromatic carbocycles. The number of aromatic carboxylic acids is 1. The number of pyridine rings is 1. The quantitative estimate of drug-likeness (QED) is 0.816. The SMILES string of the molecule is N#Cc1c(F)cnc(C(F)F)c1C(=O)O. The molecule has 7 heteroatoms. The second-order valence-corrected chi connectivity index (χ2v) is 2.46. The van der Waals surface area contributed by atoms with Crippen molar-refractivity contribution in [1.29, 1.82) is 5.26 Å². The summed E-state index contributed by atoms with van der Waals surface area (Å²) in [6.07, 6.45) is -2.78. The Morgan fingerprint density at radius 3 is 2.60 bits per heavy atom. The first-order valence-corrected chi connectivity index (χ1v) is 3.59. The van der Waals surface area contributed by atoms with E-state index in [1.54, 1.807) is 0 Å². The predicted octanol–water partition coefficient (Wildman–Crippen LogP) is 1.73. The van der Waals surface area contributed by atoms with Gasteiger partial charge in [-0.05, 0) is 0 Å². The van der Waals surface area contributed by atoms with Crippen molar-refractivity contribution in [3.8, 4) is 6.07 Å². The molecule has 1 heterocycles. The summed E-state index contributed by atoms with van der Waals surface area (Å²) in [5, 5.41) is 17.0. The van der Waals surface area contributed by atoms with Gasteiger partial charge in [0.25, 0.3) is 6.43 Å². The molecule has 1 rings (SSSR count). The molecule has 0 aliphatic carbocycles. The first-order valence-electron chi connectivity index (χ1n) is 3.59. The molecule has 4 nitrogen and oxygen atoms in total. The molecule has 0 aliphatic heterocycles. The van der Waals surface area contributed by atoms with Crippen molar-refractivity contribution in [3.05, 3.63) is 28.8 Å². The number of nitriles is 1. The minimum absolute atomic E-state index is 0.395. The lowest BCUT2D eigenvalue weighted by Crippen LogP contribution is -2.10. The van der Waals surface area contributed by atoms with Gasteiger partial charge >= 0.3 is 5.97 Å². The van der Waals surface area contributed by atoms with Crippen LogP contribution in [0.2, 0.25) is 0 Å². The summed E-state index contributed by atoms with van der Waals surface area (Å²) in [7, 11) is 0. The lowest BCUT2D eigenvalue weighted by atomic mass is 10.1. The van der Waals surface area contributed by atoms with Crippen LogP contribution in [0.4, 0.5) is 13.2 Å². The van der Waals surface area contributed by atoms with Crippen LogP contribution in [0.3, 0.4) is 0 Å². The van der Waals surface area contributed by atoms with Gasteiger partial charge in [0.2, 0.25) is 0 Å². The number of halogens is 3. The molecular formula is C8H3F3N2O2. The van der Waals surface area contributed by atoms with Crippen LogP contribution >= 0.6 is 0 Å². The number of alkyl halides is 2. The smallest absolute Gasteiger partial charge is 0.339 e. The Morgan fingerprint density at radius 2 is 2.20 bits per heavy atom. The van der Waals surface area contributed by atoms with Crippen LogP contribution in [0.1, 0.15) is 28.0 Å². The number of nitrogens with zero attached hydrogens (tertiary/aromatic N) is 2. The van der Waals surface area contributed by atoms with E-state index in [2.05, 4.69) is 4.98 Å². The topological polar surface area (TPSA) is 74.0 Å². The minimum Gasteiger partial charge on any atom is -0.478 e.